The van der Waals surface area contributed by atoms with Crippen molar-refractivity contribution < 1.29 is 14.3 Å². The van der Waals surface area contributed by atoms with E-state index in [9.17, 15) is 9.59 Å². The standard InChI is InChI=1S/C24H26N4O4/c29-23-10-9-22(26-28(23)13-16-32-21-7-2-1-3-8-21)24(30)25-20-6-4-5-19(17-20)18-27-11-14-31-15-12-27/h1-10,17H,11-16,18H2,(H,25,30). The molecule has 2 heterocycles. The number of para-hydroxylation sites is 1. The molecule has 0 saturated carbocycles. The molecule has 2 aromatic carbocycles. The van der Waals surface area contributed by atoms with Crippen molar-refractivity contribution in [2.24, 2.45) is 0 Å². The van der Waals surface area contributed by atoms with Gasteiger partial charge in [-0.1, -0.05) is 30.3 Å². The molecular weight excluding hydrogens is 408 g/mol. The molecule has 0 unspecified atom stereocenters. The lowest BCUT2D eigenvalue weighted by Gasteiger charge is -2.26. The van der Waals surface area contributed by atoms with Gasteiger partial charge < -0.3 is 14.8 Å². The molecule has 1 N–H and O–H groups in total. The first kappa shape index (κ1) is 21.7. The van der Waals surface area contributed by atoms with E-state index >= 15 is 0 Å². The van der Waals surface area contributed by atoms with E-state index in [0.29, 0.717) is 11.4 Å². The third-order valence-corrected chi connectivity index (χ3v) is 5.11. The van der Waals surface area contributed by atoms with Crippen LogP contribution in [0.25, 0.3) is 0 Å². The van der Waals surface area contributed by atoms with Crippen LogP contribution in [0.15, 0.2) is 71.5 Å². The first-order chi connectivity index (χ1) is 15.7. The van der Waals surface area contributed by atoms with Crippen LogP contribution >= 0.6 is 0 Å². The zero-order valence-electron chi connectivity index (χ0n) is 17.8. The molecule has 0 spiro atoms. The van der Waals surface area contributed by atoms with Crippen molar-refractivity contribution in [1.29, 1.82) is 0 Å². The van der Waals surface area contributed by atoms with Crippen molar-refractivity contribution in [3.05, 3.63) is 88.3 Å². The Bertz CT molecular complexity index is 1090. The summed E-state index contributed by atoms with van der Waals surface area (Å²) in [6.45, 7) is 4.60. The van der Waals surface area contributed by atoms with Gasteiger partial charge in [-0.2, -0.15) is 5.10 Å². The predicted molar refractivity (Wildman–Crippen MR) is 121 cm³/mol. The van der Waals surface area contributed by atoms with Gasteiger partial charge in [-0.3, -0.25) is 14.5 Å². The number of hydrogen-bond acceptors (Lipinski definition) is 6. The molecule has 166 valence electrons. The second kappa shape index (κ2) is 10.7. The van der Waals surface area contributed by atoms with Crippen LogP contribution in [-0.4, -0.2) is 53.5 Å². The smallest absolute Gasteiger partial charge is 0.276 e. The number of nitrogens with zero attached hydrogens (tertiary/aromatic N) is 3. The predicted octanol–water partition coefficient (Wildman–Crippen LogP) is 2.41. The van der Waals surface area contributed by atoms with E-state index in [1.807, 2.05) is 54.6 Å². The molecule has 4 rings (SSSR count). The van der Waals surface area contributed by atoms with Gasteiger partial charge in [-0.05, 0) is 35.9 Å². The number of nitrogens with one attached hydrogen (secondary N) is 1. The molecule has 1 aliphatic heterocycles. The van der Waals surface area contributed by atoms with Crippen molar-refractivity contribution in [2.75, 3.05) is 38.2 Å². The van der Waals surface area contributed by atoms with Crippen LogP contribution in [0, 0.1) is 0 Å². The number of benzene rings is 2. The number of morpholine rings is 1. The third-order valence-electron chi connectivity index (χ3n) is 5.11. The average molecular weight is 434 g/mol. The van der Waals surface area contributed by atoms with Crippen molar-refractivity contribution in [3.63, 3.8) is 0 Å². The number of hydrogen-bond donors (Lipinski definition) is 1. The van der Waals surface area contributed by atoms with Crippen LogP contribution in [0.5, 0.6) is 5.75 Å². The lowest BCUT2D eigenvalue weighted by Crippen LogP contribution is -2.35. The van der Waals surface area contributed by atoms with Gasteiger partial charge in [0.1, 0.15) is 18.1 Å². The fourth-order valence-corrected chi connectivity index (χ4v) is 3.46. The van der Waals surface area contributed by atoms with Gasteiger partial charge in [-0.25, -0.2) is 4.68 Å². The Hall–Kier alpha value is -3.49. The summed E-state index contributed by atoms with van der Waals surface area (Å²) in [6, 6.07) is 19.9. The molecule has 32 heavy (non-hydrogen) atoms. The third kappa shape index (κ3) is 6.03. The van der Waals surface area contributed by atoms with Gasteiger partial charge in [0.15, 0.2) is 0 Å². The number of carbonyl (C=O) groups is 1. The molecule has 1 saturated heterocycles. The molecular formula is C24H26N4O4. The Morgan fingerprint density at radius 3 is 2.66 bits per heavy atom. The van der Waals surface area contributed by atoms with Gasteiger partial charge in [0, 0.05) is 31.4 Å². The fraction of sp³-hybridized carbons (Fsp3) is 0.292. The number of carbonyl (C=O) groups excluding carboxylic acids is 1. The second-order valence-electron chi connectivity index (χ2n) is 7.48. The van der Waals surface area contributed by atoms with Crippen molar-refractivity contribution in [2.45, 2.75) is 13.1 Å². The molecule has 1 amide bonds. The van der Waals surface area contributed by atoms with Crippen LogP contribution in [0.3, 0.4) is 0 Å². The number of anilines is 1. The summed E-state index contributed by atoms with van der Waals surface area (Å²) in [4.78, 5) is 27.2. The Kier molecular flexibility index (Phi) is 7.27. The van der Waals surface area contributed by atoms with Crippen LogP contribution < -0.4 is 15.6 Å². The first-order valence-electron chi connectivity index (χ1n) is 10.6. The molecule has 0 atom stereocenters. The Morgan fingerprint density at radius 1 is 1.03 bits per heavy atom. The number of aromatic nitrogens is 2. The maximum Gasteiger partial charge on any atom is 0.276 e. The van der Waals surface area contributed by atoms with E-state index in [1.165, 1.54) is 16.8 Å². The minimum atomic E-state index is -0.369. The summed E-state index contributed by atoms with van der Waals surface area (Å²) in [5, 5.41) is 7.08. The molecule has 0 bridgehead atoms. The van der Waals surface area contributed by atoms with Gasteiger partial charge >= 0.3 is 0 Å². The Morgan fingerprint density at radius 2 is 1.84 bits per heavy atom. The van der Waals surface area contributed by atoms with Crippen molar-refractivity contribution in [3.8, 4) is 5.75 Å². The van der Waals surface area contributed by atoms with E-state index in [-0.39, 0.29) is 30.3 Å². The highest BCUT2D eigenvalue weighted by Crippen LogP contribution is 2.14. The van der Waals surface area contributed by atoms with Crippen LogP contribution in [0.1, 0.15) is 16.1 Å². The summed E-state index contributed by atoms with van der Waals surface area (Å²) in [7, 11) is 0. The van der Waals surface area contributed by atoms with Crippen molar-refractivity contribution >= 4 is 11.6 Å². The van der Waals surface area contributed by atoms with E-state index in [0.717, 1.165) is 38.4 Å². The lowest BCUT2D eigenvalue weighted by molar-refractivity contribution is 0.0342. The molecule has 3 aromatic rings. The highest BCUT2D eigenvalue weighted by atomic mass is 16.5. The molecule has 1 fully saturated rings. The minimum Gasteiger partial charge on any atom is -0.492 e. The highest BCUT2D eigenvalue weighted by molar-refractivity contribution is 6.02. The Labute approximate surface area is 186 Å². The molecule has 1 aliphatic rings. The summed E-state index contributed by atoms with van der Waals surface area (Å²) < 4.78 is 12.3. The summed E-state index contributed by atoms with van der Waals surface area (Å²) in [6.07, 6.45) is 0. The van der Waals surface area contributed by atoms with Gasteiger partial charge in [0.2, 0.25) is 0 Å². The number of amides is 1. The van der Waals surface area contributed by atoms with E-state index in [2.05, 4.69) is 15.3 Å². The summed E-state index contributed by atoms with van der Waals surface area (Å²) >= 11 is 0. The zero-order chi connectivity index (χ0) is 22.2. The lowest BCUT2D eigenvalue weighted by atomic mass is 10.1. The van der Waals surface area contributed by atoms with Gasteiger partial charge in [0.05, 0.1) is 19.8 Å². The van der Waals surface area contributed by atoms with E-state index in [1.54, 1.807) is 0 Å². The summed E-state index contributed by atoms with van der Waals surface area (Å²) in [5.41, 5.74) is 1.68. The molecule has 0 aliphatic carbocycles. The number of rotatable bonds is 8. The SMILES string of the molecule is O=C(Nc1cccc(CN2CCOCC2)c1)c1ccc(=O)n(CCOc2ccccc2)n1. The average Bonchev–Trinajstić information content (AvgIpc) is 2.82. The van der Waals surface area contributed by atoms with E-state index in [4.69, 9.17) is 9.47 Å². The normalized spacial score (nSPS) is 14.1. The van der Waals surface area contributed by atoms with Crippen LogP contribution in [0.2, 0.25) is 0 Å². The number of ether oxygens (including phenoxy) is 2. The maximum atomic E-state index is 12.7. The van der Waals surface area contributed by atoms with Crippen molar-refractivity contribution in [1.82, 2.24) is 14.7 Å². The zero-order valence-corrected chi connectivity index (χ0v) is 17.8. The van der Waals surface area contributed by atoms with Gasteiger partial charge in [-0.15, -0.1) is 0 Å². The molecule has 0 radical (unpaired) electrons. The topological polar surface area (TPSA) is 85.7 Å². The molecule has 1 aromatic heterocycles. The monoisotopic (exact) mass is 434 g/mol. The first-order valence-corrected chi connectivity index (χ1v) is 10.6. The minimum absolute atomic E-state index is 0.169. The maximum absolute atomic E-state index is 12.7. The van der Waals surface area contributed by atoms with Crippen LogP contribution in [-0.2, 0) is 17.8 Å². The van der Waals surface area contributed by atoms with E-state index < -0.39 is 0 Å². The Balaban J connectivity index is 1.37. The second-order valence-corrected chi connectivity index (χ2v) is 7.48. The van der Waals surface area contributed by atoms with Crippen LogP contribution in [0.4, 0.5) is 5.69 Å². The van der Waals surface area contributed by atoms with Gasteiger partial charge in [0.25, 0.3) is 11.5 Å². The quantitative estimate of drug-likeness (QED) is 0.586. The molecule has 8 nitrogen and oxygen atoms in total. The summed E-state index contributed by atoms with van der Waals surface area (Å²) in [5.74, 6) is 0.345. The largest absolute Gasteiger partial charge is 0.492 e. The fourth-order valence-electron chi connectivity index (χ4n) is 3.46. The molecule has 8 heteroatoms. The highest BCUT2D eigenvalue weighted by Gasteiger charge is 2.13.